The Morgan fingerprint density at radius 3 is 2.46 bits per heavy atom. The fourth-order valence-corrected chi connectivity index (χ4v) is 1.08. The van der Waals surface area contributed by atoms with E-state index in [0.717, 1.165) is 12.3 Å². The van der Waals surface area contributed by atoms with Gasteiger partial charge in [0.15, 0.2) is 0 Å². The smallest absolute Gasteiger partial charge is 0.0403 e. The molecule has 0 saturated heterocycles. The highest BCUT2D eigenvalue weighted by atomic mass is 35.5. The summed E-state index contributed by atoms with van der Waals surface area (Å²) >= 11 is 0. The molecule has 0 aromatic carbocycles. The maximum Gasteiger partial charge on any atom is 0.0403 e. The molecular formula is C11H18ClN. The average Bonchev–Trinajstić information content (AvgIpc) is 2.03. The van der Waals surface area contributed by atoms with Crippen molar-refractivity contribution in [2.75, 3.05) is 0 Å². The number of halogens is 1. The summed E-state index contributed by atoms with van der Waals surface area (Å²) in [6.07, 6.45) is 4.28. The van der Waals surface area contributed by atoms with Gasteiger partial charge in [0.1, 0.15) is 0 Å². The molecule has 1 rings (SSSR count). The van der Waals surface area contributed by atoms with Crippen LogP contribution in [-0.4, -0.2) is 4.98 Å². The van der Waals surface area contributed by atoms with Gasteiger partial charge in [0.05, 0.1) is 0 Å². The predicted octanol–water partition coefficient (Wildman–Crippen LogP) is 3.40. The Morgan fingerprint density at radius 1 is 1.31 bits per heavy atom. The van der Waals surface area contributed by atoms with Gasteiger partial charge in [0.25, 0.3) is 0 Å². The lowest BCUT2D eigenvalue weighted by Crippen LogP contribution is -1.94. The molecule has 0 aliphatic heterocycles. The monoisotopic (exact) mass is 199 g/mol. The van der Waals surface area contributed by atoms with Crippen LogP contribution in [0, 0.1) is 12.8 Å². The molecular weight excluding hydrogens is 182 g/mol. The van der Waals surface area contributed by atoms with Crippen molar-refractivity contribution in [3.05, 3.63) is 29.6 Å². The van der Waals surface area contributed by atoms with Gasteiger partial charge >= 0.3 is 0 Å². The van der Waals surface area contributed by atoms with Crippen LogP contribution in [-0.2, 0) is 6.42 Å². The van der Waals surface area contributed by atoms with Crippen molar-refractivity contribution in [1.82, 2.24) is 4.98 Å². The van der Waals surface area contributed by atoms with Crippen molar-refractivity contribution in [1.29, 1.82) is 0 Å². The molecule has 0 saturated carbocycles. The summed E-state index contributed by atoms with van der Waals surface area (Å²) in [4.78, 5) is 4.35. The minimum absolute atomic E-state index is 0. The maximum absolute atomic E-state index is 4.35. The topological polar surface area (TPSA) is 12.9 Å². The Bertz CT molecular complexity index is 228. The van der Waals surface area contributed by atoms with Crippen molar-refractivity contribution in [2.45, 2.75) is 33.6 Å². The van der Waals surface area contributed by atoms with E-state index in [1.165, 1.54) is 17.7 Å². The summed E-state index contributed by atoms with van der Waals surface area (Å²) in [6.45, 7) is 6.56. The molecule has 0 aliphatic rings. The Morgan fingerprint density at radius 2 is 2.00 bits per heavy atom. The van der Waals surface area contributed by atoms with Crippen molar-refractivity contribution in [3.63, 3.8) is 0 Å². The third kappa shape index (κ3) is 4.89. The van der Waals surface area contributed by atoms with Crippen LogP contribution < -0.4 is 0 Å². The number of pyridine rings is 1. The minimum atomic E-state index is 0. The van der Waals surface area contributed by atoms with E-state index >= 15 is 0 Å². The van der Waals surface area contributed by atoms with Gasteiger partial charge in [-0.3, -0.25) is 4.98 Å². The van der Waals surface area contributed by atoms with Crippen LogP contribution >= 0.6 is 12.4 Å². The van der Waals surface area contributed by atoms with Crippen LogP contribution in [0.2, 0.25) is 0 Å². The van der Waals surface area contributed by atoms with Crippen LogP contribution in [0.3, 0.4) is 0 Å². The van der Waals surface area contributed by atoms with Gasteiger partial charge in [-0.2, -0.15) is 0 Å². The van der Waals surface area contributed by atoms with E-state index < -0.39 is 0 Å². The zero-order valence-electron chi connectivity index (χ0n) is 8.58. The highest BCUT2D eigenvalue weighted by molar-refractivity contribution is 5.85. The molecule has 2 heteroatoms. The van der Waals surface area contributed by atoms with Gasteiger partial charge in [-0.15, -0.1) is 12.4 Å². The molecule has 0 radical (unpaired) electrons. The summed E-state index contributed by atoms with van der Waals surface area (Å²) in [5.41, 5.74) is 2.46. The van der Waals surface area contributed by atoms with Gasteiger partial charge in [-0.25, -0.2) is 0 Å². The second-order valence-electron chi connectivity index (χ2n) is 3.76. The molecule has 0 spiro atoms. The van der Waals surface area contributed by atoms with Crippen LogP contribution in [0.15, 0.2) is 18.3 Å². The molecule has 1 aromatic rings. The first-order valence-electron chi connectivity index (χ1n) is 4.60. The first kappa shape index (κ1) is 12.4. The summed E-state index contributed by atoms with van der Waals surface area (Å²) in [7, 11) is 0. The number of hydrogen-bond donors (Lipinski definition) is 0. The predicted molar refractivity (Wildman–Crippen MR) is 59.4 cm³/mol. The molecule has 0 aliphatic carbocycles. The lowest BCUT2D eigenvalue weighted by atomic mass is 10.1. The van der Waals surface area contributed by atoms with Gasteiger partial charge in [0.2, 0.25) is 0 Å². The van der Waals surface area contributed by atoms with E-state index in [2.05, 4.69) is 37.9 Å². The Kier molecular flexibility index (Phi) is 5.72. The van der Waals surface area contributed by atoms with Crippen molar-refractivity contribution in [2.24, 2.45) is 5.92 Å². The number of rotatable bonds is 3. The number of aromatic nitrogens is 1. The third-order valence-electron chi connectivity index (χ3n) is 1.95. The Labute approximate surface area is 87.0 Å². The third-order valence-corrected chi connectivity index (χ3v) is 1.95. The Balaban J connectivity index is 0.00000144. The van der Waals surface area contributed by atoms with Crippen LogP contribution in [0.25, 0.3) is 0 Å². The van der Waals surface area contributed by atoms with Gasteiger partial charge in [-0.1, -0.05) is 19.9 Å². The summed E-state index contributed by atoms with van der Waals surface area (Å²) in [6, 6.07) is 4.25. The SMILES string of the molecule is Cc1ccc(CCC(C)C)nc1.Cl. The van der Waals surface area contributed by atoms with Crippen molar-refractivity contribution < 1.29 is 0 Å². The van der Waals surface area contributed by atoms with E-state index in [1.54, 1.807) is 0 Å². The van der Waals surface area contributed by atoms with Crippen LogP contribution in [0.4, 0.5) is 0 Å². The normalized spacial score (nSPS) is 9.85. The molecule has 13 heavy (non-hydrogen) atoms. The molecule has 1 nitrogen and oxygen atoms in total. The number of aryl methyl sites for hydroxylation is 2. The molecule has 1 aromatic heterocycles. The highest BCUT2D eigenvalue weighted by Gasteiger charge is 1.96. The number of nitrogens with zero attached hydrogens (tertiary/aromatic N) is 1. The second-order valence-corrected chi connectivity index (χ2v) is 3.76. The van der Waals surface area contributed by atoms with E-state index in [0.29, 0.717) is 0 Å². The highest BCUT2D eigenvalue weighted by Crippen LogP contribution is 2.06. The lowest BCUT2D eigenvalue weighted by Gasteiger charge is -2.03. The van der Waals surface area contributed by atoms with Gasteiger partial charge in [-0.05, 0) is 37.3 Å². The quantitative estimate of drug-likeness (QED) is 0.727. The first-order valence-corrected chi connectivity index (χ1v) is 4.60. The average molecular weight is 200 g/mol. The van der Waals surface area contributed by atoms with E-state index in [9.17, 15) is 0 Å². The van der Waals surface area contributed by atoms with E-state index in [-0.39, 0.29) is 12.4 Å². The zero-order valence-corrected chi connectivity index (χ0v) is 9.40. The molecule has 0 bridgehead atoms. The van der Waals surface area contributed by atoms with E-state index in [1.807, 2.05) is 6.20 Å². The molecule has 0 fully saturated rings. The minimum Gasteiger partial charge on any atom is -0.261 e. The summed E-state index contributed by atoms with van der Waals surface area (Å²) < 4.78 is 0. The van der Waals surface area contributed by atoms with Crippen molar-refractivity contribution in [3.8, 4) is 0 Å². The standard InChI is InChI=1S/C11H17N.ClH/c1-9(2)4-6-11-7-5-10(3)8-12-11;/h5,7-9H,4,6H2,1-3H3;1H. The molecule has 0 atom stereocenters. The second kappa shape index (κ2) is 5.98. The fraction of sp³-hybridized carbons (Fsp3) is 0.545. The van der Waals surface area contributed by atoms with Gasteiger partial charge in [0, 0.05) is 11.9 Å². The molecule has 0 amide bonds. The van der Waals surface area contributed by atoms with Crippen LogP contribution in [0.5, 0.6) is 0 Å². The largest absolute Gasteiger partial charge is 0.261 e. The molecule has 74 valence electrons. The molecule has 0 unspecified atom stereocenters. The van der Waals surface area contributed by atoms with E-state index in [4.69, 9.17) is 0 Å². The van der Waals surface area contributed by atoms with Crippen LogP contribution in [0.1, 0.15) is 31.5 Å². The van der Waals surface area contributed by atoms with Crippen molar-refractivity contribution >= 4 is 12.4 Å². The Hall–Kier alpha value is -0.560. The molecule has 1 heterocycles. The fourth-order valence-electron chi connectivity index (χ4n) is 1.08. The molecule has 0 N–H and O–H groups in total. The summed E-state index contributed by atoms with van der Waals surface area (Å²) in [5.74, 6) is 0.771. The lowest BCUT2D eigenvalue weighted by molar-refractivity contribution is 0.581. The summed E-state index contributed by atoms with van der Waals surface area (Å²) in [5, 5.41) is 0. The van der Waals surface area contributed by atoms with Gasteiger partial charge < -0.3 is 0 Å². The maximum atomic E-state index is 4.35. The first-order chi connectivity index (χ1) is 5.68. The number of hydrogen-bond acceptors (Lipinski definition) is 1. The zero-order chi connectivity index (χ0) is 8.97.